The first kappa shape index (κ1) is 16.8. The summed E-state index contributed by atoms with van der Waals surface area (Å²) in [5, 5.41) is 23.3. The summed E-state index contributed by atoms with van der Waals surface area (Å²) in [4.78, 5) is 10.7. The van der Waals surface area contributed by atoms with E-state index in [1.807, 2.05) is 32.0 Å². The van der Waals surface area contributed by atoms with E-state index in [-0.39, 0.29) is 12.3 Å². The lowest BCUT2D eigenvalue weighted by molar-refractivity contribution is -0.384. The third-order valence-electron chi connectivity index (χ3n) is 3.46. The van der Waals surface area contributed by atoms with Crippen LogP contribution in [0.1, 0.15) is 23.6 Å². The van der Waals surface area contributed by atoms with Gasteiger partial charge in [0, 0.05) is 12.6 Å². The minimum absolute atomic E-state index is 0.00939. The Labute approximate surface area is 134 Å². The molecule has 6 heteroatoms. The van der Waals surface area contributed by atoms with Gasteiger partial charge in [0.15, 0.2) is 0 Å². The van der Waals surface area contributed by atoms with Crippen LogP contribution in [0.5, 0.6) is 5.75 Å². The van der Waals surface area contributed by atoms with Gasteiger partial charge in [-0.3, -0.25) is 10.1 Å². The summed E-state index contributed by atoms with van der Waals surface area (Å²) in [5.41, 5.74) is 3.03. The SMILES string of the molecule is CCOc1ccc(CNc2cc(CO)ccc2[N+](=O)[O-])cc1C. The van der Waals surface area contributed by atoms with Gasteiger partial charge in [-0.05, 0) is 48.7 Å². The number of nitro benzene ring substituents is 1. The van der Waals surface area contributed by atoms with E-state index in [4.69, 9.17) is 4.74 Å². The molecule has 2 aromatic rings. The highest BCUT2D eigenvalue weighted by atomic mass is 16.6. The van der Waals surface area contributed by atoms with Crippen molar-refractivity contribution >= 4 is 11.4 Å². The first-order chi connectivity index (χ1) is 11.0. The number of ether oxygens (including phenoxy) is 1. The molecule has 2 rings (SSSR count). The van der Waals surface area contributed by atoms with Crippen LogP contribution >= 0.6 is 0 Å². The van der Waals surface area contributed by atoms with Gasteiger partial charge in [-0.25, -0.2) is 0 Å². The standard InChI is InChI=1S/C17H20N2O4/c1-3-23-17-7-5-13(8-12(17)2)10-18-15-9-14(11-20)4-6-16(15)19(21)22/h4-9,18,20H,3,10-11H2,1-2H3. The second-order valence-corrected chi connectivity index (χ2v) is 5.15. The molecular weight excluding hydrogens is 296 g/mol. The molecule has 2 N–H and O–H groups in total. The van der Waals surface area contributed by atoms with E-state index in [0.29, 0.717) is 24.4 Å². The number of anilines is 1. The van der Waals surface area contributed by atoms with Crippen molar-refractivity contribution in [1.29, 1.82) is 0 Å². The van der Waals surface area contributed by atoms with Crippen molar-refractivity contribution in [3.63, 3.8) is 0 Å². The summed E-state index contributed by atoms with van der Waals surface area (Å²) in [6, 6.07) is 10.3. The number of nitro groups is 1. The minimum atomic E-state index is -0.438. The lowest BCUT2D eigenvalue weighted by Crippen LogP contribution is -2.04. The third kappa shape index (κ3) is 4.20. The van der Waals surface area contributed by atoms with Gasteiger partial charge in [0.2, 0.25) is 0 Å². The zero-order valence-corrected chi connectivity index (χ0v) is 13.2. The molecule has 0 heterocycles. The Morgan fingerprint density at radius 3 is 2.57 bits per heavy atom. The predicted molar refractivity (Wildman–Crippen MR) is 88.7 cm³/mol. The van der Waals surface area contributed by atoms with Crippen LogP contribution in [0.25, 0.3) is 0 Å². The number of aliphatic hydroxyl groups excluding tert-OH is 1. The maximum absolute atomic E-state index is 11.1. The van der Waals surface area contributed by atoms with Gasteiger partial charge in [0.1, 0.15) is 11.4 Å². The van der Waals surface area contributed by atoms with Crippen molar-refractivity contribution < 1.29 is 14.8 Å². The molecule has 122 valence electrons. The lowest BCUT2D eigenvalue weighted by Gasteiger charge is -2.11. The van der Waals surface area contributed by atoms with Crippen LogP contribution in [0.4, 0.5) is 11.4 Å². The molecule has 6 nitrogen and oxygen atoms in total. The highest BCUT2D eigenvalue weighted by Gasteiger charge is 2.14. The van der Waals surface area contributed by atoms with Crippen LogP contribution < -0.4 is 10.1 Å². The molecule has 23 heavy (non-hydrogen) atoms. The van der Waals surface area contributed by atoms with E-state index >= 15 is 0 Å². The van der Waals surface area contributed by atoms with E-state index in [2.05, 4.69) is 5.32 Å². The molecule has 0 fully saturated rings. The molecule has 0 spiro atoms. The van der Waals surface area contributed by atoms with Crippen LogP contribution in [-0.4, -0.2) is 16.6 Å². The van der Waals surface area contributed by atoms with E-state index in [1.54, 1.807) is 12.1 Å². The Morgan fingerprint density at radius 2 is 1.96 bits per heavy atom. The van der Waals surface area contributed by atoms with Gasteiger partial charge in [0.25, 0.3) is 5.69 Å². The fourth-order valence-corrected chi connectivity index (χ4v) is 2.32. The lowest BCUT2D eigenvalue weighted by atomic mass is 10.1. The largest absolute Gasteiger partial charge is 0.494 e. The number of hydrogen-bond donors (Lipinski definition) is 2. The second-order valence-electron chi connectivity index (χ2n) is 5.15. The summed E-state index contributed by atoms with van der Waals surface area (Å²) in [6.07, 6.45) is 0. The Balaban J connectivity index is 2.17. The fourth-order valence-electron chi connectivity index (χ4n) is 2.32. The molecule has 0 atom stereocenters. The van der Waals surface area contributed by atoms with E-state index in [0.717, 1.165) is 16.9 Å². The molecule has 0 amide bonds. The fraction of sp³-hybridized carbons (Fsp3) is 0.294. The number of benzene rings is 2. The first-order valence-electron chi connectivity index (χ1n) is 7.39. The van der Waals surface area contributed by atoms with Crippen molar-refractivity contribution in [3.8, 4) is 5.75 Å². The molecule has 0 aliphatic carbocycles. The van der Waals surface area contributed by atoms with Crippen LogP contribution in [0.15, 0.2) is 36.4 Å². The van der Waals surface area contributed by atoms with Crippen LogP contribution in [-0.2, 0) is 13.2 Å². The number of nitrogens with zero attached hydrogens (tertiary/aromatic N) is 1. The summed E-state index contributed by atoms with van der Waals surface area (Å²) in [5.74, 6) is 0.838. The highest BCUT2D eigenvalue weighted by Crippen LogP contribution is 2.27. The molecule has 0 saturated heterocycles. The predicted octanol–water partition coefficient (Wildman–Crippen LogP) is 3.41. The normalized spacial score (nSPS) is 10.4. The molecule has 0 radical (unpaired) electrons. The van der Waals surface area contributed by atoms with Gasteiger partial charge in [0.05, 0.1) is 18.1 Å². The highest BCUT2D eigenvalue weighted by molar-refractivity contribution is 5.63. The van der Waals surface area contributed by atoms with Crippen molar-refractivity contribution in [1.82, 2.24) is 0 Å². The van der Waals surface area contributed by atoms with E-state index < -0.39 is 4.92 Å². The van der Waals surface area contributed by atoms with Crippen molar-refractivity contribution in [3.05, 3.63) is 63.2 Å². The summed E-state index contributed by atoms with van der Waals surface area (Å²) < 4.78 is 5.50. The number of aryl methyl sites for hydroxylation is 1. The van der Waals surface area contributed by atoms with Gasteiger partial charge >= 0.3 is 0 Å². The Morgan fingerprint density at radius 1 is 1.22 bits per heavy atom. The molecule has 0 aliphatic heterocycles. The maximum Gasteiger partial charge on any atom is 0.292 e. The van der Waals surface area contributed by atoms with Gasteiger partial charge < -0.3 is 15.2 Å². The van der Waals surface area contributed by atoms with Gasteiger partial charge in [-0.15, -0.1) is 0 Å². The van der Waals surface area contributed by atoms with Crippen molar-refractivity contribution in [2.75, 3.05) is 11.9 Å². The smallest absolute Gasteiger partial charge is 0.292 e. The number of aliphatic hydroxyl groups is 1. The minimum Gasteiger partial charge on any atom is -0.494 e. The van der Waals surface area contributed by atoms with Crippen LogP contribution in [0.3, 0.4) is 0 Å². The molecule has 0 saturated carbocycles. The van der Waals surface area contributed by atoms with Crippen LogP contribution in [0, 0.1) is 17.0 Å². The van der Waals surface area contributed by atoms with Crippen molar-refractivity contribution in [2.45, 2.75) is 27.0 Å². The Bertz CT molecular complexity index is 701. The van der Waals surface area contributed by atoms with Gasteiger partial charge in [-0.2, -0.15) is 0 Å². The van der Waals surface area contributed by atoms with Crippen molar-refractivity contribution in [2.24, 2.45) is 0 Å². The second kappa shape index (κ2) is 7.60. The topological polar surface area (TPSA) is 84.6 Å². The summed E-state index contributed by atoms with van der Waals surface area (Å²) in [6.45, 7) is 4.79. The quantitative estimate of drug-likeness (QED) is 0.604. The maximum atomic E-state index is 11.1. The van der Waals surface area contributed by atoms with E-state index in [9.17, 15) is 15.2 Å². The molecule has 0 aromatic heterocycles. The summed E-state index contributed by atoms with van der Waals surface area (Å²) in [7, 11) is 0. The monoisotopic (exact) mass is 316 g/mol. The molecule has 2 aromatic carbocycles. The van der Waals surface area contributed by atoms with Gasteiger partial charge in [-0.1, -0.05) is 12.1 Å². The first-order valence-corrected chi connectivity index (χ1v) is 7.39. The summed E-state index contributed by atoms with van der Waals surface area (Å²) >= 11 is 0. The molecule has 0 bridgehead atoms. The Hall–Kier alpha value is -2.60. The molecule has 0 aliphatic rings. The number of rotatable bonds is 7. The number of nitrogens with one attached hydrogen (secondary N) is 1. The Kier molecular flexibility index (Phi) is 5.54. The molecular formula is C17H20N2O4. The average Bonchev–Trinajstić information content (AvgIpc) is 2.54. The third-order valence-corrected chi connectivity index (χ3v) is 3.46. The van der Waals surface area contributed by atoms with E-state index in [1.165, 1.54) is 6.07 Å². The number of hydrogen-bond acceptors (Lipinski definition) is 5. The zero-order chi connectivity index (χ0) is 16.8. The molecule has 0 unspecified atom stereocenters. The van der Waals surface area contributed by atoms with Crippen LogP contribution in [0.2, 0.25) is 0 Å². The zero-order valence-electron chi connectivity index (χ0n) is 13.2. The average molecular weight is 316 g/mol.